The minimum Gasteiger partial charge on any atom is -0.485 e. The van der Waals surface area contributed by atoms with E-state index < -0.39 is 24.0 Å². The molecule has 102 valence electrons. The van der Waals surface area contributed by atoms with Crippen molar-refractivity contribution in [3.05, 3.63) is 65.2 Å². The smallest absolute Gasteiger partial charge is 0.203 e. The third kappa shape index (κ3) is 3.26. The predicted octanol–water partition coefficient (Wildman–Crippen LogP) is 3.04. The Balaban J connectivity index is 2.08. The Bertz CT molecular complexity index is 653. The fourth-order valence-electron chi connectivity index (χ4n) is 1.62. The van der Waals surface area contributed by atoms with E-state index in [1.54, 1.807) is 18.2 Å². The van der Waals surface area contributed by atoms with Crippen molar-refractivity contribution in [2.75, 3.05) is 6.61 Å². The lowest BCUT2D eigenvalue weighted by Crippen LogP contribution is -2.13. The summed E-state index contributed by atoms with van der Waals surface area (Å²) in [5.41, 5.74) is 0.0310. The molecule has 5 heteroatoms. The monoisotopic (exact) mass is 276 g/mol. The van der Waals surface area contributed by atoms with Crippen molar-refractivity contribution in [1.29, 1.82) is 0 Å². The van der Waals surface area contributed by atoms with Crippen LogP contribution in [0.15, 0.2) is 42.5 Å². The molecule has 0 aromatic heterocycles. The molecule has 0 bridgehead atoms. The van der Waals surface area contributed by atoms with Crippen molar-refractivity contribution in [2.45, 2.75) is 0 Å². The first-order valence-electron chi connectivity index (χ1n) is 5.76. The summed E-state index contributed by atoms with van der Waals surface area (Å²) in [6.07, 6.45) is 0.640. The van der Waals surface area contributed by atoms with Gasteiger partial charge in [0.05, 0.1) is 5.56 Å². The first-order chi connectivity index (χ1) is 9.60. The average Bonchev–Trinajstić information content (AvgIpc) is 2.47. The number of aldehydes is 1. The molecule has 0 amide bonds. The van der Waals surface area contributed by atoms with E-state index >= 15 is 0 Å². The second kappa shape index (κ2) is 6.06. The third-order valence-corrected chi connectivity index (χ3v) is 2.59. The molecular weight excluding hydrogens is 266 g/mol. The number of halogens is 2. The first-order valence-corrected chi connectivity index (χ1v) is 5.76. The summed E-state index contributed by atoms with van der Waals surface area (Å²) in [7, 11) is 0. The summed E-state index contributed by atoms with van der Waals surface area (Å²) in [6.45, 7) is -0.442. The van der Waals surface area contributed by atoms with Crippen LogP contribution in [0.3, 0.4) is 0 Å². The van der Waals surface area contributed by atoms with Gasteiger partial charge in [-0.1, -0.05) is 12.1 Å². The van der Waals surface area contributed by atoms with E-state index in [4.69, 9.17) is 4.74 Å². The molecule has 0 heterocycles. The molecular formula is C15H10F2O3. The maximum atomic E-state index is 13.4. The number of hydrogen-bond acceptors (Lipinski definition) is 3. The lowest BCUT2D eigenvalue weighted by atomic mass is 10.1. The molecule has 2 rings (SSSR count). The van der Waals surface area contributed by atoms with Crippen molar-refractivity contribution < 1.29 is 23.1 Å². The molecule has 2 aromatic carbocycles. The highest BCUT2D eigenvalue weighted by Gasteiger charge is 2.13. The minimum absolute atomic E-state index is 0.305. The van der Waals surface area contributed by atoms with E-state index in [9.17, 15) is 18.4 Å². The van der Waals surface area contributed by atoms with E-state index in [2.05, 4.69) is 0 Å². The highest BCUT2D eigenvalue weighted by atomic mass is 19.1. The Morgan fingerprint density at radius 3 is 2.70 bits per heavy atom. The van der Waals surface area contributed by atoms with Gasteiger partial charge in [0.1, 0.15) is 23.7 Å². The van der Waals surface area contributed by atoms with Crippen molar-refractivity contribution in [3.63, 3.8) is 0 Å². The minimum atomic E-state index is -0.804. The zero-order valence-electron chi connectivity index (χ0n) is 10.3. The molecule has 0 aliphatic heterocycles. The maximum absolute atomic E-state index is 13.4. The van der Waals surface area contributed by atoms with Crippen molar-refractivity contribution in [3.8, 4) is 5.75 Å². The largest absolute Gasteiger partial charge is 0.485 e. The Morgan fingerprint density at radius 1 is 1.15 bits per heavy atom. The van der Waals surface area contributed by atoms with Crippen LogP contribution in [0.1, 0.15) is 20.7 Å². The Kier molecular flexibility index (Phi) is 4.20. The van der Waals surface area contributed by atoms with Gasteiger partial charge in [0.2, 0.25) is 5.78 Å². The summed E-state index contributed by atoms with van der Waals surface area (Å²) in [4.78, 5) is 22.3. The summed E-state index contributed by atoms with van der Waals surface area (Å²) >= 11 is 0. The molecule has 0 spiro atoms. The van der Waals surface area contributed by atoms with E-state index in [0.29, 0.717) is 17.6 Å². The molecule has 2 aromatic rings. The second-order valence-electron chi connectivity index (χ2n) is 4.03. The molecule has 0 aliphatic rings. The summed E-state index contributed by atoms with van der Waals surface area (Å²) in [6, 6.07) is 8.81. The lowest BCUT2D eigenvalue weighted by molar-refractivity contribution is 0.0917. The summed E-state index contributed by atoms with van der Waals surface area (Å²) in [5, 5.41) is 0. The Hall–Kier alpha value is -2.56. The van der Waals surface area contributed by atoms with Crippen LogP contribution in [0.2, 0.25) is 0 Å². The van der Waals surface area contributed by atoms with Gasteiger partial charge in [-0.15, -0.1) is 0 Å². The van der Waals surface area contributed by atoms with E-state index in [-0.39, 0.29) is 5.56 Å². The Morgan fingerprint density at radius 2 is 1.95 bits per heavy atom. The van der Waals surface area contributed by atoms with Crippen LogP contribution in [-0.4, -0.2) is 18.7 Å². The third-order valence-electron chi connectivity index (χ3n) is 2.59. The number of rotatable bonds is 5. The van der Waals surface area contributed by atoms with E-state index in [1.165, 1.54) is 6.07 Å². The molecule has 0 atom stereocenters. The molecule has 3 nitrogen and oxygen atoms in total. The SMILES string of the molecule is O=Cc1cccc(OCC(=O)c2cc(F)ccc2F)c1. The molecule has 0 saturated heterocycles. The normalized spacial score (nSPS) is 10.1. The van der Waals surface area contributed by atoms with Crippen LogP contribution < -0.4 is 4.74 Å². The van der Waals surface area contributed by atoms with Crippen LogP contribution in [0, 0.1) is 11.6 Å². The van der Waals surface area contributed by atoms with Crippen LogP contribution in [0.4, 0.5) is 8.78 Å². The quantitative estimate of drug-likeness (QED) is 0.622. The van der Waals surface area contributed by atoms with E-state index in [1.807, 2.05) is 0 Å². The van der Waals surface area contributed by atoms with Gasteiger partial charge in [-0.05, 0) is 30.3 Å². The number of carbonyl (C=O) groups excluding carboxylic acids is 2. The average molecular weight is 276 g/mol. The van der Waals surface area contributed by atoms with Gasteiger partial charge in [0, 0.05) is 5.56 Å². The van der Waals surface area contributed by atoms with Crippen molar-refractivity contribution >= 4 is 12.1 Å². The van der Waals surface area contributed by atoms with Crippen LogP contribution in [0.5, 0.6) is 5.75 Å². The van der Waals surface area contributed by atoms with Crippen LogP contribution >= 0.6 is 0 Å². The highest BCUT2D eigenvalue weighted by molar-refractivity contribution is 5.97. The number of carbonyl (C=O) groups is 2. The van der Waals surface area contributed by atoms with Crippen molar-refractivity contribution in [2.24, 2.45) is 0 Å². The molecule has 0 N–H and O–H groups in total. The topological polar surface area (TPSA) is 43.4 Å². The fourth-order valence-corrected chi connectivity index (χ4v) is 1.62. The number of ketones is 1. The molecule has 0 aliphatic carbocycles. The predicted molar refractivity (Wildman–Crippen MR) is 68.0 cm³/mol. The molecule has 0 radical (unpaired) electrons. The fraction of sp³-hybridized carbons (Fsp3) is 0.0667. The lowest BCUT2D eigenvalue weighted by Gasteiger charge is -2.06. The van der Waals surface area contributed by atoms with Gasteiger partial charge in [-0.25, -0.2) is 8.78 Å². The number of hydrogen-bond donors (Lipinski definition) is 0. The molecule has 0 saturated carbocycles. The highest BCUT2D eigenvalue weighted by Crippen LogP contribution is 2.14. The Labute approximate surface area is 113 Å². The van der Waals surface area contributed by atoms with Crippen LogP contribution in [0.25, 0.3) is 0 Å². The van der Waals surface area contributed by atoms with Crippen molar-refractivity contribution in [1.82, 2.24) is 0 Å². The first kappa shape index (κ1) is 13.9. The molecule has 20 heavy (non-hydrogen) atoms. The number of benzene rings is 2. The van der Waals surface area contributed by atoms with Crippen LogP contribution in [-0.2, 0) is 0 Å². The maximum Gasteiger partial charge on any atom is 0.203 e. The van der Waals surface area contributed by atoms with E-state index in [0.717, 1.165) is 18.2 Å². The zero-order chi connectivity index (χ0) is 14.5. The summed E-state index contributed by atoms with van der Waals surface area (Å²) in [5.74, 6) is -1.88. The van der Waals surface area contributed by atoms with Gasteiger partial charge in [0.15, 0.2) is 6.61 Å². The van der Waals surface area contributed by atoms with Gasteiger partial charge in [-0.2, -0.15) is 0 Å². The van der Waals surface area contributed by atoms with Gasteiger partial charge in [0.25, 0.3) is 0 Å². The van der Waals surface area contributed by atoms with Gasteiger partial charge in [-0.3, -0.25) is 9.59 Å². The van der Waals surface area contributed by atoms with Gasteiger partial charge >= 0.3 is 0 Å². The summed E-state index contributed by atoms with van der Waals surface area (Å²) < 4.78 is 31.5. The standard InChI is InChI=1S/C15H10F2O3/c16-11-4-5-14(17)13(7-11)15(19)9-20-12-3-1-2-10(6-12)8-18/h1-8H,9H2. The number of Topliss-reactive ketones (excluding diaryl/α,β-unsaturated/α-hetero) is 1. The molecule has 0 fully saturated rings. The number of ether oxygens (including phenoxy) is 1. The zero-order valence-corrected chi connectivity index (χ0v) is 10.3. The van der Waals surface area contributed by atoms with Gasteiger partial charge < -0.3 is 4.74 Å². The second-order valence-corrected chi connectivity index (χ2v) is 4.03. The molecule has 0 unspecified atom stereocenters.